The predicted molar refractivity (Wildman–Crippen MR) is 71.8 cm³/mol. The fourth-order valence-electron chi connectivity index (χ4n) is 2.07. The highest BCUT2D eigenvalue weighted by molar-refractivity contribution is 4.71. The maximum Gasteiger partial charge on any atom is 0.141 e. The summed E-state index contributed by atoms with van der Waals surface area (Å²) in [5, 5.41) is 7.36. The van der Waals surface area contributed by atoms with E-state index in [0.717, 1.165) is 19.4 Å². The quantitative estimate of drug-likeness (QED) is 0.563. The van der Waals surface area contributed by atoms with E-state index in [9.17, 15) is 0 Å². The molecule has 104 valence electrons. The third-order valence-electron chi connectivity index (χ3n) is 3.16. The predicted octanol–water partition coefficient (Wildman–Crippen LogP) is 5.12. The van der Waals surface area contributed by atoms with Crippen molar-refractivity contribution in [3.05, 3.63) is 12.3 Å². The van der Waals surface area contributed by atoms with Crippen LogP contribution in [0.15, 0.2) is 22.7 Å². The Hall–Kier alpha value is -1.06. The fraction of sp³-hybridized carbons (Fsp3) is 0.857. The van der Waals surface area contributed by atoms with Gasteiger partial charge in [0.05, 0.1) is 11.8 Å². The van der Waals surface area contributed by atoms with E-state index in [2.05, 4.69) is 15.4 Å². The Labute approximate surface area is 110 Å². The topological polar surface area (TPSA) is 43.2 Å². The highest BCUT2D eigenvalue weighted by Crippen LogP contribution is 2.11. The van der Waals surface area contributed by atoms with Gasteiger partial charge in [-0.05, 0) is 25.3 Å². The fourth-order valence-corrected chi connectivity index (χ4v) is 2.07. The van der Waals surface area contributed by atoms with Crippen LogP contribution in [0.4, 0.5) is 0 Å². The zero-order chi connectivity index (χ0) is 12.7. The molecule has 4 heteroatoms. The molecule has 0 N–H and O–H groups in total. The number of allylic oxidation sites excluding steroid dienone is 1. The van der Waals surface area contributed by atoms with Crippen molar-refractivity contribution in [3.63, 3.8) is 0 Å². The molecule has 0 aromatic heterocycles. The number of hydrogen-bond acceptors (Lipinski definition) is 4. The molecule has 0 aromatic rings. The second-order valence-electron chi connectivity index (χ2n) is 4.81. The molecule has 0 atom stereocenters. The normalized spacial score (nSPS) is 21.3. The zero-order valence-electron chi connectivity index (χ0n) is 11.4. The Bertz CT molecular complexity index is 206. The highest BCUT2D eigenvalue weighted by Gasteiger charge is 1.93. The molecule has 1 rings (SSSR count). The molecule has 1 heterocycles. The first-order valence-electron chi connectivity index (χ1n) is 7.34. The van der Waals surface area contributed by atoms with E-state index < -0.39 is 0 Å². The van der Waals surface area contributed by atoms with Crippen LogP contribution in [0.3, 0.4) is 0 Å². The minimum absolute atomic E-state index is 0.729. The molecule has 0 bridgehead atoms. The molecular formula is C14H26N2O2. The van der Waals surface area contributed by atoms with Crippen LogP contribution in [0.5, 0.6) is 0 Å². The van der Waals surface area contributed by atoms with Crippen molar-refractivity contribution in [1.82, 2.24) is 0 Å². The Kier molecular flexibility index (Phi) is 10.3. The Morgan fingerprint density at radius 2 is 1.33 bits per heavy atom. The molecule has 0 saturated heterocycles. The average Bonchev–Trinajstić information content (AvgIpc) is 2.39. The second kappa shape index (κ2) is 12.4. The van der Waals surface area contributed by atoms with Crippen molar-refractivity contribution in [2.45, 2.75) is 70.6 Å². The van der Waals surface area contributed by atoms with E-state index in [1.54, 1.807) is 6.26 Å². The summed E-state index contributed by atoms with van der Waals surface area (Å²) in [6, 6.07) is 0. The van der Waals surface area contributed by atoms with Gasteiger partial charge in [-0.3, -0.25) is 4.89 Å². The maximum absolute atomic E-state index is 4.74. The SMILES string of the molecule is C1=COON=NCCCCCCCCCCCC1. The number of rotatable bonds is 0. The summed E-state index contributed by atoms with van der Waals surface area (Å²) in [5.74, 6) is 0. The van der Waals surface area contributed by atoms with Gasteiger partial charge in [-0.2, -0.15) is 0 Å². The summed E-state index contributed by atoms with van der Waals surface area (Å²) in [7, 11) is 0. The van der Waals surface area contributed by atoms with Gasteiger partial charge in [0.25, 0.3) is 0 Å². The molecule has 0 spiro atoms. The summed E-state index contributed by atoms with van der Waals surface area (Å²) in [6.07, 6.45) is 17.6. The summed E-state index contributed by atoms with van der Waals surface area (Å²) in [6.45, 7) is 0.729. The van der Waals surface area contributed by atoms with E-state index in [1.807, 2.05) is 6.08 Å². The highest BCUT2D eigenvalue weighted by atomic mass is 17.3. The van der Waals surface area contributed by atoms with E-state index in [-0.39, 0.29) is 0 Å². The lowest BCUT2D eigenvalue weighted by atomic mass is 10.1. The van der Waals surface area contributed by atoms with E-state index >= 15 is 0 Å². The van der Waals surface area contributed by atoms with Crippen LogP contribution >= 0.6 is 0 Å². The zero-order valence-corrected chi connectivity index (χ0v) is 11.4. The van der Waals surface area contributed by atoms with Crippen LogP contribution in [-0.4, -0.2) is 6.54 Å². The minimum Gasteiger partial charge on any atom is -0.274 e. The van der Waals surface area contributed by atoms with Crippen LogP contribution in [0.2, 0.25) is 0 Å². The van der Waals surface area contributed by atoms with Gasteiger partial charge in [0.1, 0.15) is 6.26 Å². The van der Waals surface area contributed by atoms with Gasteiger partial charge in [0, 0.05) is 0 Å². The third kappa shape index (κ3) is 10.1. The smallest absolute Gasteiger partial charge is 0.141 e. The van der Waals surface area contributed by atoms with E-state index in [1.165, 1.54) is 57.8 Å². The second-order valence-corrected chi connectivity index (χ2v) is 4.81. The lowest BCUT2D eigenvalue weighted by Crippen LogP contribution is -1.85. The number of hydrogen-bond donors (Lipinski definition) is 0. The largest absolute Gasteiger partial charge is 0.274 e. The Balaban J connectivity index is 2.13. The first-order valence-corrected chi connectivity index (χ1v) is 7.34. The first-order chi connectivity index (χ1) is 9.00. The lowest BCUT2D eigenvalue weighted by Gasteiger charge is -2.02. The molecule has 18 heavy (non-hydrogen) atoms. The van der Waals surface area contributed by atoms with Gasteiger partial charge in [-0.25, -0.2) is 0 Å². The van der Waals surface area contributed by atoms with Gasteiger partial charge in [-0.1, -0.05) is 51.4 Å². The average molecular weight is 254 g/mol. The van der Waals surface area contributed by atoms with Crippen molar-refractivity contribution in [2.75, 3.05) is 6.54 Å². The standard InChI is InChI=1S/C14H26N2O2/c1-2-4-6-8-10-12-14-17-18-16-15-13-11-9-7-5-3-1/h12,14H,1-11,13H2. The van der Waals surface area contributed by atoms with Gasteiger partial charge in [-0.15, -0.1) is 10.1 Å². The summed E-state index contributed by atoms with van der Waals surface area (Å²) >= 11 is 0. The van der Waals surface area contributed by atoms with Gasteiger partial charge in [0.15, 0.2) is 0 Å². The van der Waals surface area contributed by atoms with Crippen LogP contribution in [-0.2, 0) is 9.88 Å². The van der Waals surface area contributed by atoms with E-state index in [0.29, 0.717) is 0 Å². The van der Waals surface area contributed by atoms with Crippen LogP contribution in [0.25, 0.3) is 0 Å². The first kappa shape index (κ1) is 15.0. The Morgan fingerprint density at radius 3 is 2.06 bits per heavy atom. The number of nitrogens with zero attached hydrogens (tertiary/aromatic N) is 2. The third-order valence-corrected chi connectivity index (χ3v) is 3.16. The van der Waals surface area contributed by atoms with Crippen LogP contribution < -0.4 is 0 Å². The van der Waals surface area contributed by atoms with Crippen LogP contribution in [0, 0.1) is 0 Å². The molecular weight excluding hydrogens is 228 g/mol. The molecule has 4 nitrogen and oxygen atoms in total. The molecule has 0 amide bonds. The van der Waals surface area contributed by atoms with Crippen molar-refractivity contribution in [1.29, 1.82) is 0 Å². The molecule has 1 aliphatic heterocycles. The summed E-state index contributed by atoms with van der Waals surface area (Å²) < 4.78 is 0. The minimum atomic E-state index is 0.729. The summed E-state index contributed by atoms with van der Waals surface area (Å²) in [5.41, 5.74) is 0. The molecule has 0 saturated carbocycles. The van der Waals surface area contributed by atoms with Gasteiger partial charge >= 0.3 is 0 Å². The lowest BCUT2D eigenvalue weighted by molar-refractivity contribution is -0.257. The van der Waals surface area contributed by atoms with Crippen molar-refractivity contribution >= 4 is 0 Å². The van der Waals surface area contributed by atoms with Gasteiger partial charge < -0.3 is 0 Å². The molecule has 0 radical (unpaired) electrons. The molecule has 0 aliphatic carbocycles. The van der Waals surface area contributed by atoms with Crippen molar-refractivity contribution < 1.29 is 9.88 Å². The monoisotopic (exact) mass is 254 g/mol. The molecule has 0 unspecified atom stereocenters. The Morgan fingerprint density at radius 1 is 0.722 bits per heavy atom. The van der Waals surface area contributed by atoms with Crippen LogP contribution in [0.1, 0.15) is 70.6 Å². The summed E-state index contributed by atoms with van der Waals surface area (Å²) in [4.78, 5) is 9.29. The molecule has 0 aromatic carbocycles. The van der Waals surface area contributed by atoms with Crippen molar-refractivity contribution in [3.8, 4) is 0 Å². The maximum atomic E-state index is 4.74. The van der Waals surface area contributed by atoms with E-state index in [4.69, 9.17) is 4.89 Å². The van der Waals surface area contributed by atoms with Gasteiger partial charge in [0.2, 0.25) is 0 Å². The molecule has 1 aliphatic rings. The van der Waals surface area contributed by atoms with Crippen molar-refractivity contribution in [2.24, 2.45) is 10.4 Å². The molecule has 0 fully saturated rings.